The molecule has 2 N–H and O–H groups in total. The zero-order chi connectivity index (χ0) is 20.0. The fourth-order valence-electron chi connectivity index (χ4n) is 4.15. The van der Waals surface area contributed by atoms with E-state index in [0.29, 0.717) is 29.6 Å². The van der Waals surface area contributed by atoms with Crippen molar-refractivity contribution in [2.45, 2.75) is 77.7 Å². The smallest absolute Gasteiger partial charge is 0.306 e. The van der Waals surface area contributed by atoms with Crippen LogP contribution in [0, 0.1) is 11.7 Å². The highest BCUT2D eigenvalue weighted by atomic mass is 19.1. The number of nitrogen functional groups attached to an aromatic ring is 1. The number of benzene rings is 1. The lowest BCUT2D eigenvalue weighted by Crippen LogP contribution is -2.40. The summed E-state index contributed by atoms with van der Waals surface area (Å²) in [6.07, 6.45) is 6.81. The summed E-state index contributed by atoms with van der Waals surface area (Å²) in [7, 11) is 1.36. The number of esters is 1. The largest absolute Gasteiger partial charge is 0.469 e. The molecule has 4 nitrogen and oxygen atoms in total. The second kappa shape index (κ2) is 9.95. The van der Waals surface area contributed by atoms with Crippen LogP contribution in [0.1, 0.15) is 77.2 Å². The summed E-state index contributed by atoms with van der Waals surface area (Å²) in [5.41, 5.74) is 8.31. The Bertz CT molecular complexity index is 627. The van der Waals surface area contributed by atoms with Crippen LogP contribution in [0.15, 0.2) is 12.1 Å². The predicted octanol–water partition coefficient (Wildman–Crippen LogP) is 5.26. The number of anilines is 2. The summed E-state index contributed by atoms with van der Waals surface area (Å²) >= 11 is 0. The first-order valence-corrected chi connectivity index (χ1v) is 10.3. The maximum absolute atomic E-state index is 15.1. The average molecular weight is 379 g/mol. The van der Waals surface area contributed by atoms with E-state index in [9.17, 15) is 4.79 Å². The fraction of sp³-hybridized carbons (Fsp3) is 0.682. The van der Waals surface area contributed by atoms with Gasteiger partial charge in [0.15, 0.2) is 0 Å². The summed E-state index contributed by atoms with van der Waals surface area (Å²) in [6.45, 7) is 7.18. The third-order valence-corrected chi connectivity index (χ3v) is 5.61. The van der Waals surface area contributed by atoms with Gasteiger partial charge in [0.25, 0.3) is 0 Å². The van der Waals surface area contributed by atoms with E-state index in [1.807, 2.05) is 6.92 Å². The maximum atomic E-state index is 15.1. The van der Waals surface area contributed by atoms with Crippen molar-refractivity contribution in [2.24, 2.45) is 5.92 Å². The maximum Gasteiger partial charge on any atom is 0.306 e. The fourth-order valence-corrected chi connectivity index (χ4v) is 4.15. The van der Waals surface area contributed by atoms with Gasteiger partial charge in [-0.25, -0.2) is 4.39 Å². The van der Waals surface area contributed by atoms with E-state index in [0.717, 1.165) is 25.1 Å². The van der Waals surface area contributed by atoms with E-state index < -0.39 is 0 Å². The Kier molecular flexibility index (Phi) is 7.93. The average Bonchev–Trinajstić information content (AvgIpc) is 2.66. The Morgan fingerprint density at radius 1 is 1.30 bits per heavy atom. The molecular weight excluding hydrogens is 343 g/mol. The molecule has 0 spiro atoms. The van der Waals surface area contributed by atoms with Crippen LogP contribution in [0.5, 0.6) is 0 Å². The van der Waals surface area contributed by atoms with E-state index in [-0.39, 0.29) is 24.1 Å². The number of nitrogens with two attached hydrogens (primary N) is 1. The Morgan fingerprint density at radius 2 is 1.96 bits per heavy atom. The normalized spacial score (nSPS) is 16.4. The summed E-state index contributed by atoms with van der Waals surface area (Å²) < 4.78 is 19.8. The molecule has 0 bridgehead atoms. The van der Waals surface area contributed by atoms with Crippen molar-refractivity contribution in [3.63, 3.8) is 0 Å². The van der Waals surface area contributed by atoms with E-state index in [1.54, 1.807) is 12.1 Å². The molecule has 1 atom stereocenters. The second-order valence-corrected chi connectivity index (χ2v) is 8.16. The Morgan fingerprint density at radius 3 is 2.52 bits per heavy atom. The molecule has 5 heteroatoms. The van der Waals surface area contributed by atoms with Crippen molar-refractivity contribution in [1.82, 2.24) is 0 Å². The van der Waals surface area contributed by atoms with Crippen LogP contribution in [0.3, 0.4) is 0 Å². The Hall–Kier alpha value is -1.78. The Balaban J connectivity index is 2.35. The second-order valence-electron chi connectivity index (χ2n) is 8.16. The van der Waals surface area contributed by atoms with Crippen LogP contribution in [0.2, 0.25) is 0 Å². The topological polar surface area (TPSA) is 55.6 Å². The number of nitrogens with zero attached hydrogens (tertiary/aromatic N) is 1. The molecular formula is C22H35FN2O2. The first kappa shape index (κ1) is 21.5. The van der Waals surface area contributed by atoms with E-state index in [1.165, 1.54) is 26.4 Å². The number of methoxy groups -OCH3 is 1. The highest BCUT2D eigenvalue weighted by Gasteiger charge is 2.26. The van der Waals surface area contributed by atoms with E-state index in [2.05, 4.69) is 18.7 Å². The molecule has 27 heavy (non-hydrogen) atoms. The van der Waals surface area contributed by atoms with Gasteiger partial charge in [0, 0.05) is 12.6 Å². The predicted molar refractivity (Wildman–Crippen MR) is 110 cm³/mol. The standard InChI is InChI=1S/C22H35FN2O2/c1-5-16(11-22(26)27-4)18-12-20(24)21(13-19(18)23)25(14-15(2)3)17-9-7-6-8-10-17/h12-13,15-17H,5-11,14,24H2,1-4H3. The monoisotopic (exact) mass is 378 g/mol. The van der Waals surface area contributed by atoms with Crippen LogP contribution in [-0.4, -0.2) is 25.7 Å². The van der Waals surface area contributed by atoms with Gasteiger partial charge in [0.2, 0.25) is 0 Å². The summed E-state index contributed by atoms with van der Waals surface area (Å²) in [5.74, 6) is -0.356. The summed E-state index contributed by atoms with van der Waals surface area (Å²) in [6, 6.07) is 3.74. The van der Waals surface area contributed by atoms with Gasteiger partial charge >= 0.3 is 5.97 Å². The molecule has 1 unspecified atom stereocenters. The van der Waals surface area contributed by atoms with Gasteiger partial charge in [-0.15, -0.1) is 0 Å². The lowest BCUT2D eigenvalue weighted by Gasteiger charge is -2.38. The molecule has 0 heterocycles. The first-order chi connectivity index (χ1) is 12.9. The summed E-state index contributed by atoms with van der Waals surface area (Å²) in [5, 5.41) is 0. The van der Waals surface area contributed by atoms with Crippen molar-refractivity contribution in [3.05, 3.63) is 23.5 Å². The number of hydrogen-bond donors (Lipinski definition) is 1. The molecule has 0 aliphatic heterocycles. The minimum absolute atomic E-state index is 0.168. The van der Waals surface area contributed by atoms with Gasteiger partial charge in [-0.05, 0) is 48.8 Å². The van der Waals surface area contributed by atoms with Crippen molar-refractivity contribution in [2.75, 3.05) is 24.3 Å². The van der Waals surface area contributed by atoms with Crippen LogP contribution >= 0.6 is 0 Å². The molecule has 0 amide bonds. The minimum Gasteiger partial charge on any atom is -0.469 e. The van der Waals surface area contributed by atoms with Crippen molar-refractivity contribution in [1.29, 1.82) is 0 Å². The van der Waals surface area contributed by atoms with Crippen molar-refractivity contribution >= 4 is 17.3 Å². The first-order valence-electron chi connectivity index (χ1n) is 10.3. The number of rotatable bonds is 8. The van der Waals surface area contributed by atoms with Gasteiger partial charge in [0.1, 0.15) is 5.82 Å². The molecule has 0 saturated heterocycles. The number of ether oxygens (including phenoxy) is 1. The Labute approximate surface area is 163 Å². The van der Waals surface area contributed by atoms with Crippen molar-refractivity contribution < 1.29 is 13.9 Å². The molecule has 1 aliphatic carbocycles. The molecule has 1 aromatic carbocycles. The third-order valence-electron chi connectivity index (χ3n) is 5.61. The number of hydrogen-bond acceptors (Lipinski definition) is 4. The SMILES string of the molecule is CCC(CC(=O)OC)c1cc(N)c(N(CC(C)C)C2CCCCC2)cc1F. The molecule has 1 aromatic rings. The number of carbonyl (C=O) groups excluding carboxylic acids is 1. The van der Waals surface area contributed by atoms with Gasteiger partial charge in [-0.3, -0.25) is 4.79 Å². The van der Waals surface area contributed by atoms with Crippen LogP contribution in [0.4, 0.5) is 15.8 Å². The van der Waals surface area contributed by atoms with Crippen LogP contribution in [-0.2, 0) is 9.53 Å². The summed E-state index contributed by atoms with van der Waals surface area (Å²) in [4.78, 5) is 14.0. The lowest BCUT2D eigenvalue weighted by atomic mass is 9.90. The zero-order valence-electron chi connectivity index (χ0n) is 17.3. The highest BCUT2D eigenvalue weighted by Crippen LogP contribution is 2.36. The van der Waals surface area contributed by atoms with Crippen LogP contribution in [0.25, 0.3) is 0 Å². The van der Waals surface area contributed by atoms with Crippen LogP contribution < -0.4 is 10.6 Å². The molecule has 0 aromatic heterocycles. The lowest BCUT2D eigenvalue weighted by molar-refractivity contribution is -0.141. The number of halogens is 1. The molecule has 1 saturated carbocycles. The van der Waals surface area contributed by atoms with Gasteiger partial charge < -0.3 is 15.4 Å². The number of carbonyl (C=O) groups is 1. The van der Waals surface area contributed by atoms with Gasteiger partial charge in [0.05, 0.1) is 24.9 Å². The van der Waals surface area contributed by atoms with Crippen molar-refractivity contribution in [3.8, 4) is 0 Å². The molecule has 1 aliphatic rings. The zero-order valence-corrected chi connectivity index (χ0v) is 17.3. The molecule has 152 valence electrons. The molecule has 0 radical (unpaired) electrons. The minimum atomic E-state index is -0.326. The molecule has 2 rings (SSSR count). The van der Waals surface area contributed by atoms with Gasteiger partial charge in [-0.2, -0.15) is 0 Å². The van der Waals surface area contributed by atoms with E-state index >= 15 is 4.39 Å². The van der Waals surface area contributed by atoms with E-state index in [4.69, 9.17) is 10.5 Å². The van der Waals surface area contributed by atoms with Gasteiger partial charge in [-0.1, -0.05) is 40.0 Å². The molecule has 1 fully saturated rings. The third kappa shape index (κ3) is 5.60. The highest BCUT2D eigenvalue weighted by molar-refractivity contribution is 5.72. The quantitative estimate of drug-likeness (QED) is 0.495.